The highest BCUT2D eigenvalue weighted by Gasteiger charge is 2.21. The van der Waals surface area contributed by atoms with E-state index in [1.807, 2.05) is 12.1 Å². The Balaban J connectivity index is 0.000000580. The first-order valence-corrected chi connectivity index (χ1v) is 13.1. The number of halogens is 1. The van der Waals surface area contributed by atoms with E-state index in [9.17, 15) is 19.5 Å². The molecule has 9 nitrogen and oxygen atoms in total. The summed E-state index contributed by atoms with van der Waals surface area (Å²) in [6.45, 7) is 4.66. The van der Waals surface area contributed by atoms with Crippen LogP contribution >= 0.6 is 11.6 Å². The number of aryl methyl sites for hydroxylation is 2. The summed E-state index contributed by atoms with van der Waals surface area (Å²) in [7, 11) is 0. The number of carboxylic acid groups (broad SMARTS) is 2. The fourth-order valence-corrected chi connectivity index (χ4v) is 4.20. The number of aliphatic hydroxyl groups excluding tert-OH is 1. The summed E-state index contributed by atoms with van der Waals surface area (Å²) in [5.74, 6) is -2.81. The van der Waals surface area contributed by atoms with E-state index in [0.717, 1.165) is 49.4 Å². The average Bonchev–Trinajstić information content (AvgIpc) is 3.05. The molecule has 0 spiro atoms. The van der Waals surface area contributed by atoms with E-state index in [4.69, 9.17) is 26.6 Å². The fraction of sp³-hybridized carbons (Fsp3) is 0.345. The lowest BCUT2D eigenvalue weighted by Gasteiger charge is -2.27. The van der Waals surface area contributed by atoms with Gasteiger partial charge in [0, 0.05) is 47.7 Å². The Kier molecular flexibility index (Phi) is 13.8. The van der Waals surface area contributed by atoms with Crippen LogP contribution in [0.25, 0.3) is 0 Å². The van der Waals surface area contributed by atoms with Gasteiger partial charge in [0.05, 0.1) is 13.2 Å². The van der Waals surface area contributed by atoms with Crippen molar-refractivity contribution < 1.29 is 34.4 Å². The number of rotatable bonds is 12. The second kappa shape index (κ2) is 17.0. The highest BCUT2D eigenvalue weighted by atomic mass is 35.5. The van der Waals surface area contributed by atoms with Crippen molar-refractivity contribution >= 4 is 40.9 Å². The number of ether oxygens (including phenoxy) is 1. The minimum absolute atomic E-state index is 0.0579. The molecule has 10 heteroatoms. The second-order valence-corrected chi connectivity index (χ2v) is 9.06. The topological polar surface area (TPSA) is 136 Å². The Morgan fingerprint density at radius 3 is 2.36 bits per heavy atom. The zero-order chi connectivity index (χ0) is 28.6. The summed E-state index contributed by atoms with van der Waals surface area (Å²) in [4.78, 5) is 32.8. The van der Waals surface area contributed by atoms with Crippen LogP contribution in [0.5, 0.6) is 0 Å². The van der Waals surface area contributed by atoms with Crippen molar-refractivity contribution in [3.8, 4) is 0 Å². The summed E-state index contributed by atoms with van der Waals surface area (Å²) in [5.41, 5.74) is 5.88. The van der Waals surface area contributed by atoms with Crippen molar-refractivity contribution in [2.75, 3.05) is 31.1 Å². The highest BCUT2D eigenvalue weighted by Crippen LogP contribution is 2.38. The molecule has 0 fully saturated rings. The normalized spacial score (nSPS) is 12.3. The number of esters is 1. The molecule has 1 heterocycles. The third-order valence-electron chi connectivity index (χ3n) is 5.78. The van der Waals surface area contributed by atoms with Gasteiger partial charge in [-0.15, -0.1) is 0 Å². The molecule has 0 saturated heterocycles. The van der Waals surface area contributed by atoms with Gasteiger partial charge in [0.15, 0.2) is 0 Å². The van der Waals surface area contributed by atoms with E-state index in [0.29, 0.717) is 25.3 Å². The number of aliphatic hydroxyl groups is 1. The van der Waals surface area contributed by atoms with Gasteiger partial charge in [-0.2, -0.15) is 0 Å². The molecule has 39 heavy (non-hydrogen) atoms. The summed E-state index contributed by atoms with van der Waals surface area (Å²) >= 11 is 6.34. The number of carbonyl (C=O) groups excluding carboxylic acids is 1. The third kappa shape index (κ3) is 11.3. The predicted octanol–water partition coefficient (Wildman–Crippen LogP) is 4.27. The SMILES string of the molecule is CCOC(=O)/C=C/CNCCCCN1c2ccc(CO)cc2CCc2ccc(Cl)cc21.O=C(O)/C=C\C(=O)O. The summed E-state index contributed by atoms with van der Waals surface area (Å²) in [6, 6.07) is 12.4. The molecule has 0 unspecified atom stereocenters. The van der Waals surface area contributed by atoms with Crippen molar-refractivity contribution in [3.05, 3.63) is 82.4 Å². The number of nitrogens with zero attached hydrogens (tertiary/aromatic N) is 1. The van der Waals surface area contributed by atoms with Crippen molar-refractivity contribution in [3.63, 3.8) is 0 Å². The van der Waals surface area contributed by atoms with Gasteiger partial charge in [0.25, 0.3) is 0 Å². The maximum absolute atomic E-state index is 11.3. The Hall–Kier alpha value is -3.66. The molecule has 0 aromatic heterocycles. The molecule has 0 atom stereocenters. The molecule has 4 N–H and O–H groups in total. The molecule has 0 aliphatic carbocycles. The van der Waals surface area contributed by atoms with E-state index in [-0.39, 0.29) is 12.6 Å². The Labute approximate surface area is 233 Å². The monoisotopic (exact) mass is 558 g/mol. The van der Waals surface area contributed by atoms with E-state index < -0.39 is 11.9 Å². The molecule has 0 saturated carbocycles. The van der Waals surface area contributed by atoms with Crippen LogP contribution in [0.15, 0.2) is 60.7 Å². The summed E-state index contributed by atoms with van der Waals surface area (Å²) in [5, 5.41) is 29.2. The van der Waals surface area contributed by atoms with E-state index >= 15 is 0 Å². The van der Waals surface area contributed by atoms with Crippen LogP contribution < -0.4 is 10.2 Å². The lowest BCUT2D eigenvalue weighted by molar-refractivity contribution is -0.137. The molecular formula is C29H35ClN2O7. The number of unbranched alkanes of at least 4 members (excludes halogenated alkanes) is 1. The molecule has 3 rings (SSSR count). The lowest BCUT2D eigenvalue weighted by Crippen LogP contribution is -2.22. The maximum Gasteiger partial charge on any atom is 0.330 e. The zero-order valence-electron chi connectivity index (χ0n) is 21.9. The first kappa shape index (κ1) is 31.6. The lowest BCUT2D eigenvalue weighted by atomic mass is 10.0. The van der Waals surface area contributed by atoms with Crippen LogP contribution in [0.3, 0.4) is 0 Å². The number of hydrogen-bond donors (Lipinski definition) is 4. The predicted molar refractivity (Wildman–Crippen MR) is 151 cm³/mol. The smallest absolute Gasteiger partial charge is 0.330 e. The van der Waals surface area contributed by atoms with Gasteiger partial charge in [-0.05, 0) is 74.0 Å². The van der Waals surface area contributed by atoms with Crippen LogP contribution in [0.1, 0.15) is 36.5 Å². The Morgan fingerprint density at radius 2 is 1.69 bits per heavy atom. The van der Waals surface area contributed by atoms with Crippen LogP contribution in [-0.2, 0) is 38.6 Å². The largest absolute Gasteiger partial charge is 0.478 e. The van der Waals surface area contributed by atoms with Crippen molar-refractivity contribution in [2.45, 2.75) is 39.2 Å². The van der Waals surface area contributed by atoms with Crippen molar-refractivity contribution in [1.29, 1.82) is 0 Å². The summed E-state index contributed by atoms with van der Waals surface area (Å²) < 4.78 is 4.86. The third-order valence-corrected chi connectivity index (χ3v) is 6.01. The number of hydrogen-bond acceptors (Lipinski definition) is 7. The maximum atomic E-state index is 11.3. The van der Waals surface area contributed by atoms with Crippen LogP contribution in [0, 0.1) is 0 Å². The van der Waals surface area contributed by atoms with Gasteiger partial charge in [0.1, 0.15) is 0 Å². The number of carboxylic acids is 2. The molecule has 0 radical (unpaired) electrons. The van der Waals surface area contributed by atoms with Crippen LogP contribution in [0.4, 0.5) is 11.4 Å². The van der Waals surface area contributed by atoms with Crippen LogP contribution in [-0.4, -0.2) is 59.5 Å². The van der Waals surface area contributed by atoms with Gasteiger partial charge in [-0.1, -0.05) is 35.9 Å². The molecule has 210 valence electrons. The minimum Gasteiger partial charge on any atom is -0.478 e. The first-order valence-electron chi connectivity index (χ1n) is 12.7. The number of nitrogens with one attached hydrogen (secondary N) is 1. The Bertz CT molecular complexity index is 1160. The van der Waals surface area contributed by atoms with E-state index in [2.05, 4.69) is 34.5 Å². The molecule has 1 aliphatic rings. The van der Waals surface area contributed by atoms with Crippen molar-refractivity contribution in [1.82, 2.24) is 5.32 Å². The molecule has 1 aliphatic heterocycles. The zero-order valence-corrected chi connectivity index (χ0v) is 22.7. The standard InChI is InChI=1S/C25H31ClN2O3.C4H4O4/c1-2-31-25(30)6-5-14-27-13-3-4-15-28-23-12-7-19(18-29)16-21(23)9-8-20-10-11-22(26)17-24(20)28;5-3(6)1-2-4(7)8/h5-7,10-12,16-17,27,29H,2-4,8-9,13-15,18H2,1H3;1-2H,(H,5,6)(H,7,8)/b6-5+;2-1-. The molecule has 2 aromatic carbocycles. The summed E-state index contributed by atoms with van der Waals surface area (Å²) in [6.07, 6.45) is 8.31. The molecule has 0 bridgehead atoms. The van der Waals surface area contributed by atoms with Gasteiger partial charge in [-0.3, -0.25) is 0 Å². The van der Waals surface area contributed by atoms with Gasteiger partial charge in [0.2, 0.25) is 0 Å². The minimum atomic E-state index is -1.26. The van der Waals surface area contributed by atoms with Crippen molar-refractivity contribution in [2.24, 2.45) is 0 Å². The van der Waals surface area contributed by atoms with Gasteiger partial charge >= 0.3 is 17.9 Å². The van der Waals surface area contributed by atoms with E-state index in [1.54, 1.807) is 13.0 Å². The average molecular weight is 559 g/mol. The van der Waals surface area contributed by atoms with Gasteiger partial charge in [-0.25, -0.2) is 14.4 Å². The molecule has 2 aromatic rings. The van der Waals surface area contributed by atoms with E-state index in [1.165, 1.54) is 28.6 Å². The number of anilines is 2. The quantitative estimate of drug-likeness (QED) is 0.171. The van der Waals surface area contributed by atoms with Gasteiger partial charge < -0.3 is 30.3 Å². The van der Waals surface area contributed by atoms with Crippen LogP contribution in [0.2, 0.25) is 5.02 Å². The number of aliphatic carboxylic acids is 2. The highest BCUT2D eigenvalue weighted by molar-refractivity contribution is 6.30. The number of fused-ring (bicyclic) bond motifs is 2. The fourth-order valence-electron chi connectivity index (χ4n) is 4.03. The second-order valence-electron chi connectivity index (χ2n) is 8.62. The Morgan fingerprint density at radius 1 is 0.974 bits per heavy atom. The molecular weight excluding hydrogens is 524 g/mol. The molecule has 0 amide bonds. The first-order chi connectivity index (χ1) is 18.7. The number of benzene rings is 2. The number of carbonyl (C=O) groups is 3.